The molecule has 0 unspecified atom stereocenters. The van der Waals surface area contributed by atoms with Crippen LogP contribution in [0.5, 0.6) is 17.2 Å². The molecule has 3 aromatic rings. The zero-order chi connectivity index (χ0) is 30.9. The third kappa shape index (κ3) is 5.34. The molecule has 0 spiro atoms. The summed E-state index contributed by atoms with van der Waals surface area (Å²) in [6.45, 7) is -1.20. The van der Waals surface area contributed by atoms with E-state index in [2.05, 4.69) is 10.3 Å². The molecular formula is C32H31F4N3O5. The van der Waals surface area contributed by atoms with Gasteiger partial charge in [0.15, 0.2) is 22.8 Å². The number of aromatic nitrogens is 1. The Morgan fingerprint density at radius 2 is 1.66 bits per heavy atom. The summed E-state index contributed by atoms with van der Waals surface area (Å²) in [6.07, 6.45) is 0.259. The number of nitrogens with one attached hydrogen (secondary N) is 1. The standard InChI is InChI=1S/C32H31F4N3O5/c33-20-6-1-17(2-7-20)27-28-23(31(37,16-42-28)32(34,35)36)14-26(39-27)30(41,19-4-5-19)15-38-29(40)18-3-12-24(43-21-8-9-21)25(13-18)44-22-10-11-22/h1-3,6-7,12-14,19,21-22,41H,4-5,8-11,15-16,37H2,(H,38,40)/t30-,31+/m1/s1. The SMILES string of the molecule is N[C@@]1(C(F)(F)F)COc2c1cc([C@@](O)(CNC(=O)c1ccc(OC3CC3)c(OC3CC3)c1)C1CC1)nc2-c1ccc(F)cc1. The maximum atomic E-state index is 14.3. The zero-order valence-electron chi connectivity index (χ0n) is 23.6. The summed E-state index contributed by atoms with van der Waals surface area (Å²) in [6, 6.07) is 11.1. The number of amides is 1. The van der Waals surface area contributed by atoms with E-state index in [1.54, 1.807) is 18.2 Å². The molecule has 4 N–H and O–H groups in total. The molecule has 3 fully saturated rings. The number of alkyl halides is 3. The van der Waals surface area contributed by atoms with Crippen molar-refractivity contribution < 1.29 is 41.7 Å². The summed E-state index contributed by atoms with van der Waals surface area (Å²) in [5, 5.41) is 14.8. The molecule has 232 valence electrons. The van der Waals surface area contributed by atoms with Crippen molar-refractivity contribution in [3.63, 3.8) is 0 Å². The van der Waals surface area contributed by atoms with E-state index < -0.39 is 35.6 Å². The van der Waals surface area contributed by atoms with E-state index in [-0.39, 0.29) is 58.5 Å². The van der Waals surface area contributed by atoms with Crippen LogP contribution in [-0.2, 0) is 11.1 Å². The summed E-state index contributed by atoms with van der Waals surface area (Å²) >= 11 is 0. The highest BCUT2D eigenvalue weighted by atomic mass is 19.4. The Morgan fingerprint density at radius 1 is 1.00 bits per heavy atom. The molecule has 1 amide bonds. The number of nitrogens with zero attached hydrogens (tertiary/aromatic N) is 1. The van der Waals surface area contributed by atoms with Gasteiger partial charge >= 0.3 is 6.18 Å². The highest BCUT2D eigenvalue weighted by Gasteiger charge is 2.59. The Labute approximate surface area is 250 Å². The van der Waals surface area contributed by atoms with Gasteiger partial charge in [0.2, 0.25) is 0 Å². The number of hydrogen-bond acceptors (Lipinski definition) is 7. The molecular weight excluding hydrogens is 582 g/mol. The van der Waals surface area contributed by atoms with Gasteiger partial charge in [0.05, 0.1) is 24.4 Å². The number of ether oxygens (including phenoxy) is 3. The second-order valence-electron chi connectivity index (χ2n) is 12.2. The number of nitrogens with two attached hydrogens (primary N) is 1. The minimum absolute atomic E-state index is 0.00686. The number of aliphatic hydroxyl groups is 1. The second kappa shape index (κ2) is 10.3. The van der Waals surface area contributed by atoms with Gasteiger partial charge < -0.3 is 30.4 Å². The van der Waals surface area contributed by atoms with Crippen molar-refractivity contribution in [3.8, 4) is 28.5 Å². The number of fused-ring (bicyclic) bond motifs is 1. The van der Waals surface area contributed by atoms with Crippen LogP contribution in [0.3, 0.4) is 0 Å². The zero-order valence-corrected chi connectivity index (χ0v) is 23.6. The van der Waals surface area contributed by atoms with Crippen molar-refractivity contribution in [3.05, 3.63) is 71.2 Å². The van der Waals surface area contributed by atoms with Gasteiger partial charge in [-0.15, -0.1) is 0 Å². The second-order valence-corrected chi connectivity index (χ2v) is 12.2. The van der Waals surface area contributed by atoms with Crippen molar-refractivity contribution in [1.82, 2.24) is 10.3 Å². The molecule has 0 radical (unpaired) electrons. The molecule has 7 rings (SSSR count). The Hall–Kier alpha value is -3.90. The highest BCUT2D eigenvalue weighted by Crippen LogP contribution is 2.52. The highest BCUT2D eigenvalue weighted by molar-refractivity contribution is 5.95. The van der Waals surface area contributed by atoms with Gasteiger partial charge in [0.1, 0.15) is 23.7 Å². The van der Waals surface area contributed by atoms with E-state index in [0.717, 1.165) is 43.9 Å². The van der Waals surface area contributed by atoms with E-state index in [0.29, 0.717) is 24.3 Å². The van der Waals surface area contributed by atoms with Crippen LogP contribution in [0, 0.1) is 11.7 Å². The number of carbonyl (C=O) groups is 1. The molecule has 0 saturated heterocycles. The summed E-state index contributed by atoms with van der Waals surface area (Å²) in [7, 11) is 0. The first-order valence-electron chi connectivity index (χ1n) is 14.7. The fourth-order valence-corrected chi connectivity index (χ4v) is 5.43. The fraction of sp³-hybridized carbons (Fsp3) is 0.438. The normalized spacial score (nSPS) is 22.5. The third-order valence-electron chi connectivity index (χ3n) is 8.58. The molecule has 4 aliphatic rings. The Balaban J connectivity index is 1.21. The van der Waals surface area contributed by atoms with Gasteiger partial charge in [-0.2, -0.15) is 13.2 Å². The molecule has 2 aromatic carbocycles. The molecule has 1 aromatic heterocycles. The van der Waals surface area contributed by atoms with Gasteiger partial charge in [-0.3, -0.25) is 4.79 Å². The van der Waals surface area contributed by atoms with Crippen molar-refractivity contribution >= 4 is 5.91 Å². The van der Waals surface area contributed by atoms with Crippen LogP contribution in [0.1, 0.15) is 60.1 Å². The molecule has 0 bridgehead atoms. The summed E-state index contributed by atoms with van der Waals surface area (Å²) in [5.41, 5.74) is 1.32. The van der Waals surface area contributed by atoms with E-state index in [1.807, 2.05) is 0 Å². The molecule has 44 heavy (non-hydrogen) atoms. The number of pyridine rings is 1. The van der Waals surface area contributed by atoms with E-state index in [1.165, 1.54) is 12.1 Å². The number of rotatable bonds is 10. The maximum Gasteiger partial charge on any atom is 0.414 e. The molecule has 2 atom stereocenters. The Bertz CT molecular complexity index is 1600. The fourth-order valence-electron chi connectivity index (χ4n) is 5.43. The van der Waals surface area contributed by atoms with Crippen molar-refractivity contribution in [1.29, 1.82) is 0 Å². The lowest BCUT2D eigenvalue weighted by molar-refractivity contribution is -0.191. The number of halogens is 4. The number of carbonyl (C=O) groups excluding carboxylic acids is 1. The van der Waals surface area contributed by atoms with Crippen molar-refractivity contribution in [2.75, 3.05) is 13.2 Å². The van der Waals surface area contributed by atoms with Crippen LogP contribution in [0.2, 0.25) is 0 Å². The Kier molecular flexibility index (Phi) is 6.78. The smallest absolute Gasteiger partial charge is 0.414 e. The van der Waals surface area contributed by atoms with E-state index in [9.17, 15) is 27.5 Å². The molecule has 3 saturated carbocycles. The van der Waals surface area contributed by atoms with Crippen LogP contribution in [0.25, 0.3) is 11.3 Å². The van der Waals surface area contributed by atoms with Crippen LogP contribution >= 0.6 is 0 Å². The van der Waals surface area contributed by atoms with Crippen molar-refractivity contribution in [2.45, 2.75) is 68.0 Å². The first-order chi connectivity index (χ1) is 20.9. The average molecular weight is 614 g/mol. The van der Waals surface area contributed by atoms with Gasteiger partial charge in [-0.1, -0.05) is 0 Å². The van der Waals surface area contributed by atoms with Crippen LogP contribution in [0.15, 0.2) is 48.5 Å². The Morgan fingerprint density at radius 3 is 2.27 bits per heavy atom. The van der Waals surface area contributed by atoms with Crippen LogP contribution in [0.4, 0.5) is 17.6 Å². The molecule has 3 aliphatic carbocycles. The molecule has 12 heteroatoms. The maximum absolute atomic E-state index is 14.3. The topological polar surface area (TPSA) is 116 Å². The first-order valence-corrected chi connectivity index (χ1v) is 14.7. The quantitative estimate of drug-likeness (QED) is 0.273. The monoisotopic (exact) mass is 613 g/mol. The largest absolute Gasteiger partial charge is 0.488 e. The van der Waals surface area contributed by atoms with E-state index >= 15 is 0 Å². The van der Waals surface area contributed by atoms with Gasteiger partial charge in [-0.05, 0) is 93.0 Å². The molecule has 2 heterocycles. The minimum Gasteiger partial charge on any atom is -0.488 e. The van der Waals surface area contributed by atoms with Gasteiger partial charge in [0, 0.05) is 16.7 Å². The third-order valence-corrected chi connectivity index (χ3v) is 8.58. The predicted octanol–water partition coefficient (Wildman–Crippen LogP) is 5.11. The first kappa shape index (κ1) is 28.8. The van der Waals surface area contributed by atoms with Gasteiger partial charge in [-0.25, -0.2) is 9.37 Å². The van der Waals surface area contributed by atoms with E-state index in [4.69, 9.17) is 19.9 Å². The number of benzene rings is 2. The predicted molar refractivity (Wildman–Crippen MR) is 150 cm³/mol. The summed E-state index contributed by atoms with van der Waals surface area (Å²) < 4.78 is 73.9. The summed E-state index contributed by atoms with van der Waals surface area (Å²) in [5.74, 6) is -0.564. The van der Waals surface area contributed by atoms with Crippen LogP contribution in [-0.4, -0.2) is 47.5 Å². The van der Waals surface area contributed by atoms with Crippen molar-refractivity contribution in [2.24, 2.45) is 11.7 Å². The average Bonchev–Trinajstić information content (AvgIpc) is 3.84. The van der Waals surface area contributed by atoms with Crippen LogP contribution < -0.4 is 25.3 Å². The van der Waals surface area contributed by atoms with Gasteiger partial charge in [0.25, 0.3) is 5.91 Å². The lowest BCUT2D eigenvalue weighted by Gasteiger charge is -2.31. The number of hydrogen-bond donors (Lipinski definition) is 3. The molecule has 1 aliphatic heterocycles. The molecule has 8 nitrogen and oxygen atoms in total. The lowest BCUT2D eigenvalue weighted by Crippen LogP contribution is -2.52. The summed E-state index contributed by atoms with van der Waals surface area (Å²) in [4.78, 5) is 17.9. The lowest BCUT2D eigenvalue weighted by atomic mass is 9.86. The minimum atomic E-state index is -4.88.